The van der Waals surface area contributed by atoms with Crippen molar-refractivity contribution in [1.82, 2.24) is 0 Å². The van der Waals surface area contributed by atoms with Gasteiger partial charge in [-0.2, -0.15) is 0 Å². The molecule has 0 spiro atoms. The number of benzene rings is 1. The van der Waals surface area contributed by atoms with E-state index in [0.29, 0.717) is 0 Å². The molecule has 1 saturated carbocycles. The Labute approximate surface area is 125 Å². The maximum absolute atomic E-state index is 12.4. The van der Waals surface area contributed by atoms with Gasteiger partial charge in [-0.1, -0.05) is 19.9 Å². The highest BCUT2D eigenvalue weighted by Crippen LogP contribution is 2.58. The molecule has 21 heavy (non-hydrogen) atoms. The summed E-state index contributed by atoms with van der Waals surface area (Å²) in [6.07, 6.45) is 0. The third-order valence-corrected chi connectivity index (χ3v) is 4.42. The van der Waals surface area contributed by atoms with E-state index >= 15 is 0 Å². The summed E-state index contributed by atoms with van der Waals surface area (Å²) in [4.78, 5) is 25.5. The normalized spacial score (nSPS) is 22.5. The molecule has 0 heterocycles. The molecule has 0 radical (unpaired) electrons. The average molecular weight is 290 g/mol. The van der Waals surface area contributed by atoms with E-state index in [1.807, 2.05) is 58.0 Å². The number of carbonyl (C=O) groups excluding carboxylic acids is 1. The smallest absolute Gasteiger partial charge is 0.307 e. The molecule has 0 saturated heterocycles. The molecule has 1 amide bonds. The minimum absolute atomic E-state index is 0.216. The second-order valence-electron chi connectivity index (χ2n) is 6.45. The van der Waals surface area contributed by atoms with Crippen molar-refractivity contribution in [2.75, 3.05) is 24.3 Å². The molecule has 2 N–H and O–H groups in total. The highest BCUT2D eigenvalue weighted by atomic mass is 16.4. The van der Waals surface area contributed by atoms with Gasteiger partial charge in [-0.3, -0.25) is 9.59 Å². The highest BCUT2D eigenvalue weighted by molar-refractivity contribution is 6.00. The van der Waals surface area contributed by atoms with Gasteiger partial charge in [-0.15, -0.1) is 0 Å². The van der Waals surface area contributed by atoms with Crippen molar-refractivity contribution in [1.29, 1.82) is 0 Å². The minimum atomic E-state index is -0.904. The molecule has 0 aromatic heterocycles. The van der Waals surface area contributed by atoms with E-state index in [1.54, 1.807) is 0 Å². The lowest BCUT2D eigenvalue weighted by molar-refractivity contribution is -0.140. The van der Waals surface area contributed by atoms with Crippen LogP contribution in [0.25, 0.3) is 0 Å². The van der Waals surface area contributed by atoms with Crippen LogP contribution in [0.15, 0.2) is 18.2 Å². The standard InChI is InChI=1S/C16H22N2O3/c1-9-10(7-6-8-11(9)18(4)5)17-14(19)12-13(15(20)21)16(12,2)3/h6-8,12-13H,1-5H3,(H,17,19)(H,20,21)/t12-,13+/m0/s1. The highest BCUT2D eigenvalue weighted by Gasteiger charge is 2.65. The van der Waals surface area contributed by atoms with Crippen molar-refractivity contribution >= 4 is 23.3 Å². The van der Waals surface area contributed by atoms with Gasteiger partial charge in [0, 0.05) is 25.5 Å². The van der Waals surface area contributed by atoms with E-state index in [9.17, 15) is 9.59 Å². The van der Waals surface area contributed by atoms with Crippen LogP contribution in [0.3, 0.4) is 0 Å². The summed E-state index contributed by atoms with van der Waals surface area (Å²) in [6, 6.07) is 5.70. The molecule has 5 heteroatoms. The molecular formula is C16H22N2O3. The molecule has 2 atom stereocenters. The zero-order valence-corrected chi connectivity index (χ0v) is 13.1. The summed E-state index contributed by atoms with van der Waals surface area (Å²) in [7, 11) is 3.89. The van der Waals surface area contributed by atoms with Crippen LogP contribution >= 0.6 is 0 Å². The predicted molar refractivity (Wildman–Crippen MR) is 82.5 cm³/mol. The maximum Gasteiger partial charge on any atom is 0.307 e. The molecule has 0 bridgehead atoms. The second kappa shape index (κ2) is 5.06. The fourth-order valence-corrected chi connectivity index (χ4v) is 3.04. The van der Waals surface area contributed by atoms with Crippen LogP contribution in [-0.2, 0) is 9.59 Å². The first-order valence-electron chi connectivity index (χ1n) is 6.98. The predicted octanol–water partition coefficient (Wildman–Crippen LogP) is 2.36. The molecule has 1 fully saturated rings. The lowest BCUT2D eigenvalue weighted by Crippen LogP contribution is -2.19. The number of amides is 1. The number of rotatable bonds is 4. The van der Waals surface area contributed by atoms with Gasteiger partial charge in [0.25, 0.3) is 0 Å². The summed E-state index contributed by atoms with van der Waals surface area (Å²) in [5.74, 6) is -2.20. The molecule has 1 aliphatic carbocycles. The molecule has 1 aliphatic rings. The average Bonchev–Trinajstić information content (AvgIpc) is 2.95. The number of carboxylic acid groups (broad SMARTS) is 1. The minimum Gasteiger partial charge on any atom is -0.481 e. The Kier molecular flexibility index (Phi) is 3.70. The second-order valence-corrected chi connectivity index (χ2v) is 6.45. The third-order valence-electron chi connectivity index (χ3n) is 4.42. The van der Waals surface area contributed by atoms with Gasteiger partial charge in [-0.25, -0.2) is 0 Å². The van der Waals surface area contributed by atoms with Crippen molar-refractivity contribution in [3.8, 4) is 0 Å². The number of nitrogens with one attached hydrogen (secondary N) is 1. The van der Waals surface area contributed by atoms with E-state index in [4.69, 9.17) is 5.11 Å². The Balaban J connectivity index is 2.19. The van der Waals surface area contributed by atoms with Crippen LogP contribution < -0.4 is 10.2 Å². The van der Waals surface area contributed by atoms with Gasteiger partial charge < -0.3 is 15.3 Å². The fourth-order valence-electron chi connectivity index (χ4n) is 3.04. The van der Waals surface area contributed by atoms with E-state index in [-0.39, 0.29) is 5.91 Å². The zero-order chi connectivity index (χ0) is 15.9. The quantitative estimate of drug-likeness (QED) is 0.893. The number of carbonyl (C=O) groups is 2. The molecule has 0 unspecified atom stereocenters. The number of aliphatic carboxylic acids is 1. The van der Waals surface area contributed by atoms with E-state index in [0.717, 1.165) is 16.9 Å². The maximum atomic E-state index is 12.4. The van der Waals surface area contributed by atoms with Crippen LogP contribution in [-0.4, -0.2) is 31.1 Å². The monoisotopic (exact) mass is 290 g/mol. The summed E-state index contributed by atoms with van der Waals surface area (Å²) in [5, 5.41) is 12.0. The molecule has 5 nitrogen and oxygen atoms in total. The van der Waals surface area contributed by atoms with Crippen LogP contribution in [0.5, 0.6) is 0 Å². The Morgan fingerprint density at radius 2 is 1.86 bits per heavy atom. The van der Waals surface area contributed by atoms with Gasteiger partial charge in [0.1, 0.15) is 0 Å². The van der Waals surface area contributed by atoms with Crippen molar-refractivity contribution < 1.29 is 14.7 Å². The molecule has 0 aliphatic heterocycles. The number of nitrogens with zero attached hydrogens (tertiary/aromatic N) is 1. The first-order chi connectivity index (χ1) is 9.67. The van der Waals surface area contributed by atoms with E-state index in [1.165, 1.54) is 0 Å². The van der Waals surface area contributed by atoms with Crippen molar-refractivity contribution in [3.05, 3.63) is 23.8 Å². The third kappa shape index (κ3) is 2.60. The van der Waals surface area contributed by atoms with Gasteiger partial charge in [0.15, 0.2) is 0 Å². The number of hydrogen-bond donors (Lipinski definition) is 2. The summed E-state index contributed by atoms with van der Waals surface area (Å²) < 4.78 is 0. The lowest BCUT2D eigenvalue weighted by atomic mass is 10.1. The number of carboxylic acids is 1. The molecule has 1 aromatic rings. The number of hydrogen-bond acceptors (Lipinski definition) is 3. The van der Waals surface area contributed by atoms with Gasteiger partial charge >= 0.3 is 5.97 Å². The molecule has 114 valence electrons. The summed E-state index contributed by atoms with van der Waals surface area (Å²) >= 11 is 0. The van der Waals surface area contributed by atoms with Crippen molar-refractivity contribution in [2.24, 2.45) is 17.3 Å². The lowest BCUT2D eigenvalue weighted by Gasteiger charge is -2.18. The van der Waals surface area contributed by atoms with Gasteiger partial charge in [0.2, 0.25) is 5.91 Å². The Morgan fingerprint density at radius 1 is 1.24 bits per heavy atom. The first kappa shape index (κ1) is 15.4. The largest absolute Gasteiger partial charge is 0.481 e. The van der Waals surface area contributed by atoms with Gasteiger partial charge in [0.05, 0.1) is 11.8 Å². The van der Waals surface area contributed by atoms with Gasteiger partial charge in [-0.05, 0) is 30.0 Å². The molecule has 2 rings (SSSR count). The van der Waals surface area contributed by atoms with Crippen LogP contribution in [0.2, 0.25) is 0 Å². The number of anilines is 2. The topological polar surface area (TPSA) is 69.6 Å². The zero-order valence-electron chi connectivity index (χ0n) is 13.1. The van der Waals surface area contributed by atoms with E-state index < -0.39 is 23.2 Å². The Hall–Kier alpha value is -2.04. The Morgan fingerprint density at radius 3 is 2.33 bits per heavy atom. The molecular weight excluding hydrogens is 268 g/mol. The van der Waals surface area contributed by atoms with Crippen LogP contribution in [0, 0.1) is 24.2 Å². The van der Waals surface area contributed by atoms with Crippen molar-refractivity contribution in [3.63, 3.8) is 0 Å². The Bertz CT molecular complexity index is 593. The van der Waals surface area contributed by atoms with Crippen molar-refractivity contribution in [2.45, 2.75) is 20.8 Å². The fraction of sp³-hybridized carbons (Fsp3) is 0.500. The summed E-state index contributed by atoms with van der Waals surface area (Å²) in [5.41, 5.74) is 2.25. The SMILES string of the molecule is Cc1c(NC(=O)[C@@H]2[C@H](C(=O)O)C2(C)C)cccc1N(C)C. The summed E-state index contributed by atoms with van der Waals surface area (Å²) in [6.45, 7) is 5.58. The van der Waals surface area contributed by atoms with E-state index in [2.05, 4.69) is 5.32 Å². The first-order valence-corrected chi connectivity index (χ1v) is 6.98. The van der Waals surface area contributed by atoms with Crippen LogP contribution in [0.1, 0.15) is 19.4 Å². The van der Waals surface area contributed by atoms with Crippen LogP contribution in [0.4, 0.5) is 11.4 Å². The molecule has 1 aromatic carbocycles.